The zero-order valence-electron chi connectivity index (χ0n) is 16.6. The van der Waals surface area contributed by atoms with Gasteiger partial charge in [-0.25, -0.2) is 0 Å². The Kier molecular flexibility index (Phi) is 5.69. The minimum absolute atomic E-state index is 0.110. The summed E-state index contributed by atoms with van der Waals surface area (Å²) in [6.45, 7) is 9.86. The molecule has 1 heterocycles. The molecule has 1 saturated carbocycles. The molecular weight excluding hydrogens is 346 g/mol. The van der Waals surface area contributed by atoms with Crippen LogP contribution in [0, 0.1) is 5.92 Å². The van der Waals surface area contributed by atoms with E-state index >= 15 is 0 Å². The Morgan fingerprint density at radius 3 is 2.46 bits per heavy atom. The number of halogens is 1. The van der Waals surface area contributed by atoms with E-state index in [1.807, 2.05) is 12.1 Å². The number of amides is 1. The molecule has 4 heteroatoms. The first kappa shape index (κ1) is 19.7. The summed E-state index contributed by atoms with van der Waals surface area (Å²) in [5, 5.41) is 0.779. The summed E-state index contributed by atoms with van der Waals surface area (Å²) in [4.78, 5) is 14.5. The fourth-order valence-corrected chi connectivity index (χ4v) is 4.68. The molecule has 3 rings (SSSR count). The Balaban J connectivity index is 1.74. The zero-order valence-corrected chi connectivity index (χ0v) is 17.3. The highest BCUT2D eigenvalue weighted by Gasteiger charge is 2.43. The van der Waals surface area contributed by atoms with Crippen LogP contribution in [0.25, 0.3) is 0 Å². The van der Waals surface area contributed by atoms with Crippen molar-refractivity contribution in [1.29, 1.82) is 0 Å². The van der Waals surface area contributed by atoms with Crippen LogP contribution in [0.5, 0.6) is 0 Å². The maximum Gasteiger partial charge on any atom is 0.219 e. The third-order valence-corrected chi connectivity index (χ3v) is 6.62. The second-order valence-electron chi connectivity index (χ2n) is 8.92. The highest BCUT2D eigenvalue weighted by Crippen LogP contribution is 2.49. The molecule has 1 aromatic rings. The molecule has 0 bridgehead atoms. The predicted octanol–water partition coefficient (Wildman–Crippen LogP) is 5.20. The average Bonchev–Trinajstić information content (AvgIpc) is 3.39. The maximum absolute atomic E-state index is 12.4. The van der Waals surface area contributed by atoms with Gasteiger partial charge in [-0.15, -0.1) is 0 Å². The van der Waals surface area contributed by atoms with E-state index in [1.165, 1.54) is 18.4 Å². The number of hydrogen-bond donors (Lipinski definition) is 0. The molecule has 0 aromatic heterocycles. The monoisotopic (exact) mass is 377 g/mol. The molecular formula is C22H32ClNO2. The van der Waals surface area contributed by atoms with Crippen LogP contribution in [0.15, 0.2) is 24.3 Å². The SMILES string of the molecule is CC(=O)N(CC[C@@](C)(c1ccc(Cl)cc1)C1CC1)[C@@H]1CCOC(C)(C)C1. The molecule has 2 atom stereocenters. The van der Waals surface area contributed by atoms with Crippen LogP contribution >= 0.6 is 11.6 Å². The lowest BCUT2D eigenvalue weighted by Crippen LogP contribution is -2.49. The molecule has 0 radical (unpaired) electrons. The van der Waals surface area contributed by atoms with E-state index in [0.29, 0.717) is 5.92 Å². The third-order valence-electron chi connectivity index (χ3n) is 6.37. The maximum atomic E-state index is 12.4. The fraction of sp³-hybridized carbons (Fsp3) is 0.682. The Hall–Kier alpha value is -1.06. The van der Waals surface area contributed by atoms with Crippen LogP contribution in [0.1, 0.15) is 65.4 Å². The summed E-state index contributed by atoms with van der Waals surface area (Å²) in [5.41, 5.74) is 1.31. The van der Waals surface area contributed by atoms with Crippen molar-refractivity contribution >= 4 is 17.5 Å². The summed E-state index contributed by atoms with van der Waals surface area (Å²) in [6.07, 6.45) is 5.40. The largest absolute Gasteiger partial charge is 0.375 e. The fourth-order valence-electron chi connectivity index (χ4n) is 4.55. The van der Waals surface area contributed by atoms with E-state index in [9.17, 15) is 4.79 Å². The van der Waals surface area contributed by atoms with Crippen molar-refractivity contribution in [3.8, 4) is 0 Å². The van der Waals surface area contributed by atoms with Gasteiger partial charge in [-0.1, -0.05) is 30.7 Å². The summed E-state index contributed by atoms with van der Waals surface area (Å²) in [5.74, 6) is 0.894. The first-order chi connectivity index (χ1) is 12.2. The van der Waals surface area contributed by atoms with E-state index in [-0.39, 0.29) is 23.0 Å². The average molecular weight is 378 g/mol. The molecule has 0 unspecified atom stereocenters. The van der Waals surface area contributed by atoms with Crippen LogP contribution in [0.3, 0.4) is 0 Å². The van der Waals surface area contributed by atoms with Crippen molar-refractivity contribution in [3.63, 3.8) is 0 Å². The van der Waals surface area contributed by atoms with Gasteiger partial charge >= 0.3 is 0 Å². The van der Waals surface area contributed by atoms with Gasteiger partial charge in [0, 0.05) is 31.1 Å². The molecule has 1 aromatic carbocycles. The van der Waals surface area contributed by atoms with E-state index in [0.717, 1.165) is 37.4 Å². The highest BCUT2D eigenvalue weighted by atomic mass is 35.5. The molecule has 0 N–H and O–H groups in total. The van der Waals surface area contributed by atoms with Crippen molar-refractivity contribution in [1.82, 2.24) is 4.90 Å². The molecule has 1 aliphatic heterocycles. The number of carbonyl (C=O) groups excluding carboxylic acids is 1. The van der Waals surface area contributed by atoms with Crippen LogP contribution in [-0.2, 0) is 14.9 Å². The molecule has 144 valence electrons. The van der Waals surface area contributed by atoms with Gasteiger partial charge in [0.05, 0.1) is 5.60 Å². The smallest absolute Gasteiger partial charge is 0.219 e. The van der Waals surface area contributed by atoms with Gasteiger partial charge in [0.25, 0.3) is 0 Å². The molecule has 26 heavy (non-hydrogen) atoms. The first-order valence-electron chi connectivity index (χ1n) is 9.88. The van der Waals surface area contributed by atoms with Gasteiger partial charge < -0.3 is 9.64 Å². The first-order valence-corrected chi connectivity index (χ1v) is 10.3. The van der Waals surface area contributed by atoms with Crippen LogP contribution in [-0.4, -0.2) is 35.6 Å². The highest BCUT2D eigenvalue weighted by molar-refractivity contribution is 6.30. The third kappa shape index (κ3) is 4.43. The molecule has 0 spiro atoms. The molecule has 1 aliphatic carbocycles. The van der Waals surface area contributed by atoms with Gasteiger partial charge in [-0.2, -0.15) is 0 Å². The molecule has 3 nitrogen and oxygen atoms in total. The number of rotatable bonds is 6. The summed E-state index contributed by atoms with van der Waals surface area (Å²) >= 11 is 6.09. The van der Waals surface area contributed by atoms with E-state index < -0.39 is 0 Å². The Bertz CT molecular complexity index is 638. The van der Waals surface area contributed by atoms with Crippen molar-refractivity contribution in [2.24, 2.45) is 5.92 Å². The molecule has 2 fully saturated rings. The van der Waals surface area contributed by atoms with Gasteiger partial charge in [0.15, 0.2) is 0 Å². The Morgan fingerprint density at radius 1 is 1.27 bits per heavy atom. The van der Waals surface area contributed by atoms with E-state index in [1.54, 1.807) is 6.92 Å². The second-order valence-corrected chi connectivity index (χ2v) is 9.35. The summed E-state index contributed by atoms with van der Waals surface area (Å²) < 4.78 is 5.85. The van der Waals surface area contributed by atoms with Crippen LogP contribution < -0.4 is 0 Å². The Morgan fingerprint density at radius 2 is 1.92 bits per heavy atom. The Labute approximate surface area is 163 Å². The van der Waals surface area contributed by atoms with Crippen molar-refractivity contribution in [3.05, 3.63) is 34.9 Å². The van der Waals surface area contributed by atoms with Crippen molar-refractivity contribution < 1.29 is 9.53 Å². The van der Waals surface area contributed by atoms with Crippen molar-refractivity contribution in [2.75, 3.05) is 13.2 Å². The standard InChI is InChI=1S/C22H32ClNO2/c1-16(25)24(20-11-14-26-21(2,3)15-20)13-12-22(4,17-5-6-17)18-7-9-19(23)10-8-18/h7-10,17,20H,5-6,11-15H2,1-4H3/t20-,22-/m1/s1. The number of nitrogens with zero attached hydrogens (tertiary/aromatic N) is 1. The quantitative estimate of drug-likeness (QED) is 0.681. The van der Waals surface area contributed by atoms with E-state index in [2.05, 4.69) is 37.8 Å². The van der Waals surface area contributed by atoms with E-state index in [4.69, 9.17) is 16.3 Å². The van der Waals surface area contributed by atoms with Gasteiger partial charge in [-0.05, 0) is 75.0 Å². The number of benzene rings is 1. The lowest BCUT2D eigenvalue weighted by atomic mass is 9.75. The number of hydrogen-bond acceptors (Lipinski definition) is 2. The molecule has 1 amide bonds. The minimum Gasteiger partial charge on any atom is -0.375 e. The lowest BCUT2D eigenvalue weighted by Gasteiger charge is -2.42. The van der Waals surface area contributed by atoms with Crippen LogP contribution in [0.2, 0.25) is 5.02 Å². The van der Waals surface area contributed by atoms with Crippen LogP contribution in [0.4, 0.5) is 0 Å². The van der Waals surface area contributed by atoms with Gasteiger partial charge in [0.2, 0.25) is 5.91 Å². The normalized spacial score (nSPS) is 24.7. The van der Waals surface area contributed by atoms with Gasteiger partial charge in [0.1, 0.15) is 0 Å². The molecule has 2 aliphatic rings. The predicted molar refractivity (Wildman–Crippen MR) is 107 cm³/mol. The minimum atomic E-state index is -0.146. The summed E-state index contributed by atoms with van der Waals surface area (Å²) in [6, 6.07) is 8.58. The zero-order chi connectivity index (χ0) is 18.9. The lowest BCUT2D eigenvalue weighted by molar-refractivity contribution is -0.138. The van der Waals surface area contributed by atoms with Crippen molar-refractivity contribution in [2.45, 2.75) is 76.9 Å². The topological polar surface area (TPSA) is 29.5 Å². The molecule has 1 saturated heterocycles. The number of ether oxygens (including phenoxy) is 1. The summed E-state index contributed by atoms with van der Waals surface area (Å²) in [7, 11) is 0. The van der Waals surface area contributed by atoms with Gasteiger partial charge in [-0.3, -0.25) is 4.79 Å². The second kappa shape index (κ2) is 7.52. The number of carbonyl (C=O) groups is 1.